The van der Waals surface area contributed by atoms with Crippen molar-refractivity contribution in [2.24, 2.45) is 0 Å². The fourth-order valence-electron chi connectivity index (χ4n) is 1.01. The van der Waals surface area contributed by atoms with E-state index in [0.717, 1.165) is 13.2 Å². The SMILES string of the molecule is COC(=O)c1ccc(Cl)c(O)c1[N+](=O)[O-]. The summed E-state index contributed by atoms with van der Waals surface area (Å²) in [5, 5.41) is 19.7. The smallest absolute Gasteiger partial charge is 0.345 e. The Morgan fingerprint density at radius 1 is 1.60 bits per heavy atom. The molecule has 7 heteroatoms. The number of rotatable bonds is 2. The van der Waals surface area contributed by atoms with Crippen LogP contribution in [0.5, 0.6) is 5.75 Å². The molecule has 0 amide bonds. The molecule has 0 bridgehead atoms. The van der Waals surface area contributed by atoms with Crippen LogP contribution < -0.4 is 0 Å². The van der Waals surface area contributed by atoms with Crippen molar-refractivity contribution in [3.63, 3.8) is 0 Å². The number of benzene rings is 1. The van der Waals surface area contributed by atoms with E-state index in [4.69, 9.17) is 11.6 Å². The van der Waals surface area contributed by atoms with Gasteiger partial charge in [-0.2, -0.15) is 0 Å². The summed E-state index contributed by atoms with van der Waals surface area (Å²) in [5.41, 5.74) is -1.10. The molecule has 1 aromatic carbocycles. The molecule has 0 heterocycles. The van der Waals surface area contributed by atoms with Gasteiger partial charge in [-0.1, -0.05) is 11.6 Å². The second kappa shape index (κ2) is 4.14. The lowest BCUT2D eigenvalue weighted by Gasteiger charge is -2.03. The number of esters is 1. The molecule has 0 fully saturated rings. The van der Waals surface area contributed by atoms with Gasteiger partial charge in [0, 0.05) is 0 Å². The Bertz CT molecular complexity index is 431. The summed E-state index contributed by atoms with van der Waals surface area (Å²) in [4.78, 5) is 20.8. The van der Waals surface area contributed by atoms with Crippen molar-refractivity contribution >= 4 is 23.3 Å². The fourth-order valence-corrected chi connectivity index (χ4v) is 1.17. The van der Waals surface area contributed by atoms with Crippen LogP contribution in [0.1, 0.15) is 10.4 Å². The minimum Gasteiger partial charge on any atom is -0.501 e. The molecule has 0 aromatic heterocycles. The molecule has 0 aliphatic carbocycles. The van der Waals surface area contributed by atoms with Crippen molar-refractivity contribution < 1.29 is 19.6 Å². The first-order valence-electron chi connectivity index (χ1n) is 3.73. The van der Waals surface area contributed by atoms with Gasteiger partial charge in [0.15, 0.2) is 0 Å². The van der Waals surface area contributed by atoms with Gasteiger partial charge >= 0.3 is 11.7 Å². The van der Waals surface area contributed by atoms with Gasteiger partial charge in [-0.05, 0) is 12.1 Å². The molecule has 0 aliphatic rings. The molecule has 0 atom stereocenters. The van der Waals surface area contributed by atoms with Crippen molar-refractivity contribution in [2.45, 2.75) is 0 Å². The number of carbonyl (C=O) groups is 1. The first-order valence-corrected chi connectivity index (χ1v) is 4.11. The predicted molar refractivity (Wildman–Crippen MR) is 51.1 cm³/mol. The van der Waals surface area contributed by atoms with E-state index in [2.05, 4.69) is 4.74 Å². The highest BCUT2D eigenvalue weighted by atomic mass is 35.5. The highest BCUT2D eigenvalue weighted by Gasteiger charge is 2.27. The van der Waals surface area contributed by atoms with Crippen LogP contribution in [-0.2, 0) is 4.74 Å². The van der Waals surface area contributed by atoms with Crippen LogP contribution in [0.25, 0.3) is 0 Å². The maximum absolute atomic E-state index is 11.1. The molecule has 80 valence electrons. The lowest BCUT2D eigenvalue weighted by Crippen LogP contribution is -2.05. The number of nitrogens with zero attached hydrogens (tertiary/aromatic N) is 1. The molecule has 0 unspecified atom stereocenters. The predicted octanol–water partition coefficient (Wildman–Crippen LogP) is 1.74. The number of nitro benzene ring substituents is 1. The minimum atomic E-state index is -0.909. The normalized spacial score (nSPS) is 9.73. The summed E-state index contributed by atoms with van der Waals surface area (Å²) < 4.78 is 4.32. The number of hydrogen-bond acceptors (Lipinski definition) is 5. The third-order valence-corrected chi connectivity index (χ3v) is 1.99. The highest BCUT2D eigenvalue weighted by Crippen LogP contribution is 2.36. The van der Waals surface area contributed by atoms with Crippen molar-refractivity contribution in [2.75, 3.05) is 7.11 Å². The second-order valence-corrected chi connectivity index (χ2v) is 2.95. The topological polar surface area (TPSA) is 89.7 Å². The molecule has 0 radical (unpaired) electrons. The Morgan fingerprint density at radius 3 is 2.67 bits per heavy atom. The maximum atomic E-state index is 11.1. The van der Waals surface area contributed by atoms with E-state index in [1.165, 1.54) is 6.07 Å². The monoisotopic (exact) mass is 231 g/mol. The van der Waals surface area contributed by atoms with Crippen LogP contribution in [0.3, 0.4) is 0 Å². The number of phenols is 1. The molecule has 1 N–H and O–H groups in total. The van der Waals surface area contributed by atoms with Gasteiger partial charge in [-0.3, -0.25) is 10.1 Å². The van der Waals surface area contributed by atoms with Crippen LogP contribution in [0.2, 0.25) is 5.02 Å². The summed E-state index contributed by atoms with van der Waals surface area (Å²) in [6.45, 7) is 0. The Balaban J connectivity index is 3.46. The Labute approximate surface area is 89.2 Å². The van der Waals surface area contributed by atoms with E-state index in [1.807, 2.05) is 0 Å². The van der Waals surface area contributed by atoms with Crippen LogP contribution in [0, 0.1) is 10.1 Å². The first-order chi connectivity index (χ1) is 6.99. The lowest BCUT2D eigenvalue weighted by molar-refractivity contribution is -0.386. The van der Waals surface area contributed by atoms with Crippen LogP contribution in [0.4, 0.5) is 5.69 Å². The first kappa shape index (κ1) is 11.3. The molecule has 0 spiro atoms. The number of methoxy groups -OCH3 is 1. The number of aromatic hydroxyl groups is 1. The van der Waals surface area contributed by atoms with Crippen LogP contribution in [-0.4, -0.2) is 23.1 Å². The second-order valence-electron chi connectivity index (χ2n) is 2.54. The van der Waals surface area contributed by atoms with Crippen molar-refractivity contribution in [3.05, 3.63) is 32.8 Å². The van der Waals surface area contributed by atoms with Gasteiger partial charge in [0.1, 0.15) is 5.56 Å². The Kier molecular flexibility index (Phi) is 3.11. The molecule has 0 saturated carbocycles. The highest BCUT2D eigenvalue weighted by molar-refractivity contribution is 6.32. The molecule has 0 saturated heterocycles. The zero-order valence-electron chi connectivity index (χ0n) is 7.56. The van der Waals surface area contributed by atoms with Crippen molar-refractivity contribution in [1.82, 2.24) is 0 Å². The van der Waals surface area contributed by atoms with E-state index in [9.17, 15) is 20.0 Å². The standard InChI is InChI=1S/C8H6ClNO5/c1-15-8(12)4-2-3-5(9)7(11)6(4)10(13)14/h2-3,11H,1H3. The van der Waals surface area contributed by atoms with Gasteiger partial charge in [-0.15, -0.1) is 0 Å². The molecule has 0 aliphatic heterocycles. The van der Waals surface area contributed by atoms with Gasteiger partial charge in [0.25, 0.3) is 0 Å². The van der Waals surface area contributed by atoms with Gasteiger partial charge in [0.05, 0.1) is 17.1 Å². The third-order valence-electron chi connectivity index (χ3n) is 1.69. The van der Waals surface area contributed by atoms with E-state index in [-0.39, 0.29) is 10.6 Å². The van der Waals surface area contributed by atoms with Crippen LogP contribution in [0.15, 0.2) is 12.1 Å². The lowest BCUT2D eigenvalue weighted by atomic mass is 10.1. The summed E-state index contributed by atoms with van der Waals surface area (Å²) in [6.07, 6.45) is 0. The van der Waals surface area contributed by atoms with E-state index in [1.54, 1.807) is 0 Å². The molecular formula is C8H6ClNO5. The number of hydrogen-bond donors (Lipinski definition) is 1. The van der Waals surface area contributed by atoms with Gasteiger partial charge < -0.3 is 9.84 Å². The Morgan fingerprint density at radius 2 is 2.20 bits per heavy atom. The number of nitro groups is 1. The molecule has 1 aromatic rings. The van der Waals surface area contributed by atoms with Crippen LogP contribution >= 0.6 is 11.6 Å². The third kappa shape index (κ3) is 1.99. The largest absolute Gasteiger partial charge is 0.501 e. The Hall–Kier alpha value is -1.82. The average molecular weight is 232 g/mol. The van der Waals surface area contributed by atoms with E-state index >= 15 is 0 Å². The van der Waals surface area contributed by atoms with E-state index < -0.39 is 22.3 Å². The minimum absolute atomic E-state index is 0.200. The maximum Gasteiger partial charge on any atom is 0.345 e. The van der Waals surface area contributed by atoms with Crippen molar-refractivity contribution in [1.29, 1.82) is 0 Å². The zero-order chi connectivity index (χ0) is 11.6. The molecular weight excluding hydrogens is 226 g/mol. The number of halogens is 1. The average Bonchev–Trinajstić information content (AvgIpc) is 2.20. The van der Waals surface area contributed by atoms with Gasteiger partial charge in [0.2, 0.25) is 5.75 Å². The summed E-state index contributed by atoms with van der Waals surface area (Å²) in [6, 6.07) is 2.29. The summed E-state index contributed by atoms with van der Waals surface area (Å²) >= 11 is 5.47. The molecule has 6 nitrogen and oxygen atoms in total. The van der Waals surface area contributed by atoms with Crippen molar-refractivity contribution in [3.8, 4) is 5.75 Å². The molecule has 15 heavy (non-hydrogen) atoms. The van der Waals surface area contributed by atoms with Gasteiger partial charge in [-0.25, -0.2) is 4.79 Å². The summed E-state index contributed by atoms with van der Waals surface area (Å²) in [5.74, 6) is -1.65. The molecule has 1 rings (SSSR count). The van der Waals surface area contributed by atoms with E-state index in [0.29, 0.717) is 0 Å². The fraction of sp³-hybridized carbons (Fsp3) is 0.125. The number of ether oxygens (including phenoxy) is 1. The number of phenolic OH excluding ortho intramolecular Hbond substituents is 1. The zero-order valence-corrected chi connectivity index (χ0v) is 8.32. The number of carbonyl (C=O) groups excluding carboxylic acids is 1. The quantitative estimate of drug-likeness (QED) is 0.476. The summed E-state index contributed by atoms with van der Waals surface area (Å²) in [7, 11) is 1.08.